The molecule has 0 heterocycles. The summed E-state index contributed by atoms with van der Waals surface area (Å²) >= 11 is 5.95. The SMILES string of the molecule is CCCCNc1ccc(S(=O)(=O)N(C)C)cc1NCC(=O)Nc1ccc(Cl)cc1C. The zero-order chi connectivity index (χ0) is 22.3. The molecule has 164 valence electrons. The van der Waals surface area contributed by atoms with E-state index in [0.29, 0.717) is 16.4 Å². The van der Waals surface area contributed by atoms with Gasteiger partial charge in [0.15, 0.2) is 0 Å². The molecule has 0 radical (unpaired) electrons. The lowest BCUT2D eigenvalue weighted by Crippen LogP contribution is -2.24. The number of unbranched alkanes of at least 4 members (excludes halogenated alkanes) is 1. The molecular formula is C21H29ClN4O3S. The normalized spacial score (nSPS) is 11.4. The lowest BCUT2D eigenvalue weighted by atomic mass is 10.2. The summed E-state index contributed by atoms with van der Waals surface area (Å²) in [6.07, 6.45) is 2.01. The Morgan fingerprint density at radius 2 is 1.73 bits per heavy atom. The van der Waals surface area contributed by atoms with Crippen LogP contribution in [-0.4, -0.2) is 45.8 Å². The number of nitrogens with one attached hydrogen (secondary N) is 3. The van der Waals surface area contributed by atoms with Crippen LogP contribution in [0.3, 0.4) is 0 Å². The fourth-order valence-corrected chi connectivity index (χ4v) is 3.89. The minimum Gasteiger partial charge on any atom is -0.383 e. The number of carbonyl (C=O) groups excluding carboxylic acids is 1. The van der Waals surface area contributed by atoms with Crippen LogP contribution in [0.1, 0.15) is 25.3 Å². The highest BCUT2D eigenvalue weighted by Crippen LogP contribution is 2.27. The van der Waals surface area contributed by atoms with Gasteiger partial charge in [-0.15, -0.1) is 0 Å². The van der Waals surface area contributed by atoms with Crippen LogP contribution in [0.2, 0.25) is 5.02 Å². The summed E-state index contributed by atoms with van der Waals surface area (Å²) in [5.41, 5.74) is 2.84. The lowest BCUT2D eigenvalue weighted by Gasteiger charge is -2.17. The number of sulfonamides is 1. The Bertz CT molecular complexity index is 994. The molecule has 0 aliphatic carbocycles. The van der Waals surface area contributed by atoms with Crippen molar-refractivity contribution < 1.29 is 13.2 Å². The van der Waals surface area contributed by atoms with Gasteiger partial charge in [0.05, 0.1) is 22.8 Å². The first kappa shape index (κ1) is 24.0. The van der Waals surface area contributed by atoms with Gasteiger partial charge in [-0.05, 0) is 55.3 Å². The number of nitrogens with zero attached hydrogens (tertiary/aromatic N) is 1. The molecule has 0 spiro atoms. The first-order valence-corrected chi connectivity index (χ1v) is 11.6. The lowest BCUT2D eigenvalue weighted by molar-refractivity contribution is -0.114. The van der Waals surface area contributed by atoms with Gasteiger partial charge in [0.1, 0.15) is 0 Å². The van der Waals surface area contributed by atoms with E-state index in [2.05, 4.69) is 22.9 Å². The van der Waals surface area contributed by atoms with Crippen molar-refractivity contribution in [2.24, 2.45) is 0 Å². The molecule has 2 rings (SSSR count). The topological polar surface area (TPSA) is 90.5 Å². The first-order valence-electron chi connectivity index (χ1n) is 9.75. The number of amides is 1. The molecule has 0 aromatic heterocycles. The minimum atomic E-state index is -3.59. The van der Waals surface area contributed by atoms with Crippen LogP contribution >= 0.6 is 11.6 Å². The predicted octanol–water partition coefficient (Wildman–Crippen LogP) is 4.16. The van der Waals surface area contributed by atoms with Crippen molar-refractivity contribution in [3.8, 4) is 0 Å². The smallest absolute Gasteiger partial charge is 0.243 e. The Labute approximate surface area is 183 Å². The fourth-order valence-electron chi connectivity index (χ4n) is 2.73. The zero-order valence-electron chi connectivity index (χ0n) is 17.8. The molecule has 0 saturated heterocycles. The zero-order valence-corrected chi connectivity index (χ0v) is 19.3. The third kappa shape index (κ3) is 6.35. The molecule has 0 atom stereocenters. The molecule has 3 N–H and O–H groups in total. The molecule has 1 amide bonds. The number of hydrogen-bond acceptors (Lipinski definition) is 5. The standard InChI is InChI=1S/C21H29ClN4O3S/c1-5-6-11-23-19-10-8-17(30(28,29)26(3)4)13-20(19)24-14-21(27)25-18-9-7-16(22)12-15(18)2/h7-10,12-13,23-24H,5-6,11,14H2,1-4H3,(H,25,27). The molecule has 0 aliphatic heterocycles. The summed E-state index contributed by atoms with van der Waals surface area (Å²) in [6.45, 7) is 4.69. The highest BCUT2D eigenvalue weighted by Gasteiger charge is 2.19. The maximum absolute atomic E-state index is 12.5. The third-order valence-electron chi connectivity index (χ3n) is 4.52. The van der Waals surface area contributed by atoms with Gasteiger partial charge in [-0.3, -0.25) is 4.79 Å². The predicted molar refractivity (Wildman–Crippen MR) is 124 cm³/mol. The maximum Gasteiger partial charge on any atom is 0.243 e. The Morgan fingerprint density at radius 3 is 2.37 bits per heavy atom. The average molecular weight is 453 g/mol. The number of hydrogen-bond donors (Lipinski definition) is 3. The van der Waals surface area contributed by atoms with Gasteiger partial charge in [0.2, 0.25) is 15.9 Å². The van der Waals surface area contributed by atoms with Gasteiger partial charge in [0.25, 0.3) is 0 Å². The summed E-state index contributed by atoms with van der Waals surface area (Å²) < 4.78 is 26.1. The number of benzene rings is 2. The van der Waals surface area contributed by atoms with Crippen molar-refractivity contribution in [1.82, 2.24) is 4.31 Å². The summed E-state index contributed by atoms with van der Waals surface area (Å²) in [4.78, 5) is 12.6. The van der Waals surface area contributed by atoms with E-state index in [1.54, 1.807) is 36.4 Å². The van der Waals surface area contributed by atoms with Crippen LogP contribution < -0.4 is 16.0 Å². The largest absolute Gasteiger partial charge is 0.383 e. The van der Waals surface area contributed by atoms with Crippen molar-refractivity contribution in [2.45, 2.75) is 31.6 Å². The summed E-state index contributed by atoms with van der Waals surface area (Å²) in [7, 11) is -0.618. The van der Waals surface area contributed by atoms with E-state index in [4.69, 9.17) is 11.6 Å². The number of carbonyl (C=O) groups is 1. The monoisotopic (exact) mass is 452 g/mol. The molecule has 9 heteroatoms. The van der Waals surface area contributed by atoms with Crippen LogP contribution in [0.4, 0.5) is 17.1 Å². The molecule has 0 aliphatic rings. The number of halogens is 1. The molecule has 7 nitrogen and oxygen atoms in total. The second-order valence-corrected chi connectivity index (χ2v) is 9.72. The molecule has 2 aromatic rings. The maximum atomic E-state index is 12.5. The number of rotatable bonds is 10. The quantitative estimate of drug-likeness (QED) is 0.471. The van der Waals surface area contributed by atoms with Crippen LogP contribution in [0.15, 0.2) is 41.3 Å². The molecule has 2 aromatic carbocycles. The third-order valence-corrected chi connectivity index (χ3v) is 6.56. The summed E-state index contributed by atoms with van der Waals surface area (Å²) in [5, 5.41) is 9.79. The number of aryl methyl sites for hydroxylation is 1. The molecular weight excluding hydrogens is 424 g/mol. The van der Waals surface area contributed by atoms with E-state index in [1.807, 2.05) is 6.92 Å². The van der Waals surface area contributed by atoms with Crippen LogP contribution in [-0.2, 0) is 14.8 Å². The van der Waals surface area contributed by atoms with E-state index >= 15 is 0 Å². The molecule has 0 fully saturated rings. The molecule has 0 unspecified atom stereocenters. The van der Waals surface area contributed by atoms with Crippen molar-refractivity contribution in [1.29, 1.82) is 0 Å². The van der Waals surface area contributed by atoms with Crippen molar-refractivity contribution in [3.63, 3.8) is 0 Å². The van der Waals surface area contributed by atoms with Crippen molar-refractivity contribution >= 4 is 44.6 Å². The average Bonchev–Trinajstić information content (AvgIpc) is 2.69. The van der Waals surface area contributed by atoms with Gasteiger partial charge in [-0.1, -0.05) is 24.9 Å². The van der Waals surface area contributed by atoms with E-state index in [-0.39, 0.29) is 17.3 Å². The van der Waals surface area contributed by atoms with Crippen molar-refractivity contribution in [3.05, 3.63) is 47.0 Å². The Hall–Kier alpha value is -2.29. The Balaban J connectivity index is 2.18. The van der Waals surface area contributed by atoms with Gasteiger partial charge in [0, 0.05) is 31.4 Å². The van der Waals surface area contributed by atoms with Crippen molar-refractivity contribution in [2.75, 3.05) is 43.1 Å². The van der Waals surface area contributed by atoms with Crippen LogP contribution in [0.5, 0.6) is 0 Å². The second kappa shape index (κ2) is 10.7. The summed E-state index contributed by atoms with van der Waals surface area (Å²) in [6, 6.07) is 10.1. The highest BCUT2D eigenvalue weighted by atomic mass is 35.5. The molecule has 0 bridgehead atoms. The minimum absolute atomic E-state index is 0.0179. The van der Waals surface area contributed by atoms with Crippen LogP contribution in [0, 0.1) is 6.92 Å². The highest BCUT2D eigenvalue weighted by molar-refractivity contribution is 7.89. The van der Waals surface area contributed by atoms with E-state index in [9.17, 15) is 13.2 Å². The summed E-state index contributed by atoms with van der Waals surface area (Å²) in [5.74, 6) is -0.249. The number of anilines is 3. The molecule has 0 saturated carbocycles. The van der Waals surface area contributed by atoms with Gasteiger partial charge in [-0.25, -0.2) is 12.7 Å². The second-order valence-electron chi connectivity index (χ2n) is 7.14. The molecule has 30 heavy (non-hydrogen) atoms. The van der Waals surface area contributed by atoms with Gasteiger partial charge >= 0.3 is 0 Å². The van der Waals surface area contributed by atoms with E-state index in [0.717, 1.165) is 34.9 Å². The van der Waals surface area contributed by atoms with E-state index in [1.165, 1.54) is 14.1 Å². The van der Waals surface area contributed by atoms with Crippen LogP contribution in [0.25, 0.3) is 0 Å². The van der Waals surface area contributed by atoms with Gasteiger partial charge in [-0.2, -0.15) is 0 Å². The fraction of sp³-hybridized carbons (Fsp3) is 0.381. The van der Waals surface area contributed by atoms with E-state index < -0.39 is 10.0 Å². The Kier molecular flexibility index (Phi) is 8.52. The first-order chi connectivity index (χ1) is 14.1. The Morgan fingerprint density at radius 1 is 1.03 bits per heavy atom. The van der Waals surface area contributed by atoms with Gasteiger partial charge < -0.3 is 16.0 Å².